The molecule has 122 valence electrons. The van der Waals surface area contributed by atoms with Crippen LogP contribution in [0.3, 0.4) is 0 Å². The largest absolute Gasteiger partial charge is 0.377 e. The Labute approximate surface area is 137 Å². The van der Waals surface area contributed by atoms with E-state index in [0.717, 1.165) is 24.3 Å². The molecule has 2 unspecified atom stereocenters. The van der Waals surface area contributed by atoms with Crippen molar-refractivity contribution in [1.29, 1.82) is 5.26 Å². The zero-order valence-electron chi connectivity index (χ0n) is 14.5. The van der Waals surface area contributed by atoms with Gasteiger partial charge >= 0.3 is 6.03 Å². The topological polar surface area (TPSA) is 59.4 Å². The molecule has 0 bridgehead atoms. The maximum atomic E-state index is 12.5. The standard InChI is InChI=1S/C18H24N4O/c1-11-6-15(12(8-19)7-16(11)21(4)5)20-17(23)22-9-13-14(10-22)18(13,2)3/h6-7,13-14H,9-10H2,1-5H3,(H,20,23). The minimum Gasteiger partial charge on any atom is -0.377 e. The Morgan fingerprint density at radius 1 is 1.35 bits per heavy atom. The number of urea groups is 1. The molecule has 0 spiro atoms. The first-order chi connectivity index (χ1) is 10.8. The first-order valence-corrected chi connectivity index (χ1v) is 8.03. The predicted molar refractivity (Wildman–Crippen MR) is 91.6 cm³/mol. The van der Waals surface area contributed by atoms with Gasteiger partial charge in [0.25, 0.3) is 0 Å². The number of fused-ring (bicyclic) bond motifs is 1. The molecule has 1 aromatic rings. The second kappa shape index (κ2) is 5.16. The highest BCUT2D eigenvalue weighted by atomic mass is 16.2. The minimum atomic E-state index is -0.0958. The number of nitrogens with one attached hydrogen (secondary N) is 1. The number of aryl methyl sites for hydroxylation is 1. The second-order valence-corrected chi connectivity index (χ2v) is 7.56. The van der Waals surface area contributed by atoms with Crippen LogP contribution >= 0.6 is 0 Å². The van der Waals surface area contributed by atoms with Crippen molar-refractivity contribution in [3.05, 3.63) is 23.3 Å². The third-order valence-corrected chi connectivity index (χ3v) is 5.59. The molecule has 23 heavy (non-hydrogen) atoms. The number of piperidine rings is 1. The van der Waals surface area contributed by atoms with Gasteiger partial charge in [-0.15, -0.1) is 0 Å². The third-order valence-electron chi connectivity index (χ3n) is 5.59. The Morgan fingerprint density at radius 3 is 2.48 bits per heavy atom. The van der Waals surface area contributed by atoms with Gasteiger partial charge in [-0.2, -0.15) is 5.26 Å². The lowest BCUT2D eigenvalue weighted by Crippen LogP contribution is -2.36. The zero-order valence-corrected chi connectivity index (χ0v) is 14.5. The molecule has 2 aliphatic rings. The molecule has 2 fully saturated rings. The number of amides is 2. The van der Waals surface area contributed by atoms with Crippen LogP contribution in [0.15, 0.2) is 12.1 Å². The van der Waals surface area contributed by atoms with Crippen LogP contribution in [-0.2, 0) is 0 Å². The van der Waals surface area contributed by atoms with Gasteiger partial charge < -0.3 is 15.1 Å². The molecule has 1 saturated heterocycles. The lowest BCUT2D eigenvalue weighted by Gasteiger charge is -2.23. The Balaban J connectivity index is 1.75. The summed E-state index contributed by atoms with van der Waals surface area (Å²) in [5.41, 5.74) is 3.51. The number of rotatable bonds is 2. The van der Waals surface area contributed by atoms with E-state index in [1.54, 1.807) is 0 Å². The fraction of sp³-hybridized carbons (Fsp3) is 0.556. The number of nitrogens with zero attached hydrogens (tertiary/aromatic N) is 3. The van der Waals surface area contributed by atoms with Crippen molar-refractivity contribution in [3.8, 4) is 6.07 Å². The summed E-state index contributed by atoms with van der Waals surface area (Å²) >= 11 is 0. The van der Waals surface area contributed by atoms with Crippen molar-refractivity contribution >= 4 is 17.4 Å². The Kier molecular flexibility index (Phi) is 3.51. The molecule has 3 rings (SSSR count). The van der Waals surface area contributed by atoms with E-state index in [4.69, 9.17) is 0 Å². The summed E-state index contributed by atoms with van der Waals surface area (Å²) in [7, 11) is 3.89. The SMILES string of the molecule is Cc1cc(NC(=O)N2CC3C(C2)C3(C)C)c(C#N)cc1N(C)C. The minimum absolute atomic E-state index is 0.0958. The summed E-state index contributed by atoms with van der Waals surface area (Å²) in [4.78, 5) is 16.3. The molecule has 1 aliphatic heterocycles. The van der Waals surface area contributed by atoms with Gasteiger partial charge in [0, 0.05) is 32.9 Å². The molecule has 1 aliphatic carbocycles. The van der Waals surface area contributed by atoms with E-state index in [2.05, 4.69) is 25.2 Å². The molecule has 1 aromatic carbocycles. The molecule has 5 heteroatoms. The maximum Gasteiger partial charge on any atom is 0.321 e. The van der Waals surface area contributed by atoms with Gasteiger partial charge in [-0.25, -0.2) is 4.79 Å². The highest BCUT2D eigenvalue weighted by molar-refractivity contribution is 5.92. The molecule has 0 radical (unpaired) electrons. The summed E-state index contributed by atoms with van der Waals surface area (Å²) in [6.07, 6.45) is 0. The first kappa shape index (κ1) is 15.7. The summed E-state index contributed by atoms with van der Waals surface area (Å²) in [5.74, 6) is 1.25. The number of hydrogen-bond donors (Lipinski definition) is 1. The van der Waals surface area contributed by atoms with Gasteiger partial charge in [-0.1, -0.05) is 13.8 Å². The monoisotopic (exact) mass is 312 g/mol. The average Bonchev–Trinajstić information content (AvgIpc) is 2.86. The van der Waals surface area contributed by atoms with E-state index in [1.165, 1.54) is 0 Å². The number of anilines is 2. The molecule has 5 nitrogen and oxygen atoms in total. The molecule has 1 saturated carbocycles. The maximum absolute atomic E-state index is 12.5. The number of likely N-dealkylation sites (tertiary alicyclic amines) is 1. The quantitative estimate of drug-likeness (QED) is 0.913. The Bertz CT molecular complexity index is 688. The first-order valence-electron chi connectivity index (χ1n) is 8.03. The number of benzene rings is 1. The van der Waals surface area contributed by atoms with Gasteiger partial charge in [-0.05, 0) is 41.9 Å². The van der Waals surface area contributed by atoms with Crippen LogP contribution in [-0.4, -0.2) is 38.1 Å². The molecule has 0 aromatic heterocycles. The van der Waals surface area contributed by atoms with Crippen LogP contribution in [0.25, 0.3) is 0 Å². The van der Waals surface area contributed by atoms with Gasteiger partial charge in [0.2, 0.25) is 0 Å². The molecule has 1 heterocycles. The molecule has 2 atom stereocenters. The number of nitriles is 1. The van der Waals surface area contributed by atoms with Crippen LogP contribution in [0.5, 0.6) is 0 Å². The highest BCUT2D eigenvalue weighted by Gasteiger charge is 2.62. The van der Waals surface area contributed by atoms with Crippen molar-refractivity contribution in [2.75, 3.05) is 37.4 Å². The van der Waals surface area contributed by atoms with E-state index < -0.39 is 0 Å². The van der Waals surface area contributed by atoms with Gasteiger partial charge in [0.1, 0.15) is 6.07 Å². The van der Waals surface area contributed by atoms with E-state index in [1.807, 2.05) is 43.0 Å². The molecule has 1 N–H and O–H groups in total. The summed E-state index contributed by atoms with van der Waals surface area (Å²) in [6, 6.07) is 5.80. The number of carbonyl (C=O) groups is 1. The average molecular weight is 312 g/mol. The van der Waals surface area contributed by atoms with Crippen LogP contribution in [0.1, 0.15) is 25.0 Å². The summed E-state index contributed by atoms with van der Waals surface area (Å²) in [5, 5.41) is 12.3. The van der Waals surface area contributed by atoms with Crippen molar-refractivity contribution in [2.45, 2.75) is 20.8 Å². The van der Waals surface area contributed by atoms with Crippen LogP contribution in [0.2, 0.25) is 0 Å². The normalized spacial score (nSPS) is 23.9. The molecule has 2 amide bonds. The van der Waals surface area contributed by atoms with E-state index >= 15 is 0 Å². The fourth-order valence-corrected chi connectivity index (χ4v) is 3.87. The van der Waals surface area contributed by atoms with E-state index in [-0.39, 0.29) is 6.03 Å². The smallest absolute Gasteiger partial charge is 0.321 e. The van der Waals surface area contributed by atoms with Crippen LogP contribution in [0, 0.1) is 35.5 Å². The van der Waals surface area contributed by atoms with Crippen molar-refractivity contribution in [2.24, 2.45) is 17.3 Å². The van der Waals surface area contributed by atoms with Gasteiger partial charge in [0.15, 0.2) is 0 Å². The third kappa shape index (κ3) is 2.52. The summed E-state index contributed by atoms with van der Waals surface area (Å²) < 4.78 is 0. The van der Waals surface area contributed by atoms with Crippen molar-refractivity contribution < 1.29 is 4.79 Å². The van der Waals surface area contributed by atoms with Gasteiger partial charge in [0.05, 0.1) is 11.3 Å². The highest BCUT2D eigenvalue weighted by Crippen LogP contribution is 2.61. The summed E-state index contributed by atoms with van der Waals surface area (Å²) in [6.45, 7) is 8.17. The zero-order chi connectivity index (χ0) is 16.9. The molecular formula is C18H24N4O. The predicted octanol–water partition coefficient (Wildman–Crippen LogP) is 3.05. The van der Waals surface area contributed by atoms with E-state index in [0.29, 0.717) is 28.5 Å². The number of hydrogen-bond acceptors (Lipinski definition) is 3. The van der Waals surface area contributed by atoms with Gasteiger partial charge in [-0.3, -0.25) is 0 Å². The van der Waals surface area contributed by atoms with Crippen molar-refractivity contribution in [1.82, 2.24) is 4.90 Å². The second-order valence-electron chi connectivity index (χ2n) is 7.56. The molecular weight excluding hydrogens is 288 g/mol. The van der Waals surface area contributed by atoms with Crippen LogP contribution < -0.4 is 10.2 Å². The Morgan fingerprint density at radius 2 is 1.96 bits per heavy atom. The van der Waals surface area contributed by atoms with E-state index in [9.17, 15) is 10.1 Å². The number of carbonyl (C=O) groups excluding carboxylic acids is 1. The van der Waals surface area contributed by atoms with Crippen molar-refractivity contribution in [3.63, 3.8) is 0 Å². The Hall–Kier alpha value is -2.22. The fourth-order valence-electron chi connectivity index (χ4n) is 3.87. The lowest BCUT2D eigenvalue weighted by molar-refractivity contribution is 0.209. The van der Waals surface area contributed by atoms with Crippen LogP contribution in [0.4, 0.5) is 16.2 Å². The lowest BCUT2D eigenvalue weighted by atomic mass is 10.1.